The highest BCUT2D eigenvalue weighted by molar-refractivity contribution is 6.47. The lowest BCUT2D eigenvalue weighted by Gasteiger charge is -2.08. The Bertz CT molecular complexity index is 964. The van der Waals surface area contributed by atoms with Crippen molar-refractivity contribution in [3.05, 3.63) is 75.7 Å². The molecule has 0 saturated heterocycles. The number of aromatic nitrogens is 1. The van der Waals surface area contributed by atoms with E-state index < -0.39 is 11.7 Å². The third-order valence-corrected chi connectivity index (χ3v) is 3.66. The first-order valence-electron chi connectivity index (χ1n) is 6.78. The SMILES string of the molecule is O=C(Nc1cc2cc[nH]c(=O)c2cc1Cl)C(=O)c1ccccc1. The molecule has 2 N–H and O–H groups in total. The maximum absolute atomic E-state index is 12.1. The van der Waals surface area contributed by atoms with Gasteiger partial charge in [0.25, 0.3) is 17.2 Å². The fraction of sp³-hybridized carbons (Fsp3) is 0. The molecule has 0 saturated carbocycles. The van der Waals surface area contributed by atoms with Crippen LogP contribution in [0.3, 0.4) is 0 Å². The van der Waals surface area contributed by atoms with Gasteiger partial charge in [-0.1, -0.05) is 41.9 Å². The molecule has 23 heavy (non-hydrogen) atoms. The molecule has 0 spiro atoms. The molecule has 5 nitrogen and oxygen atoms in total. The van der Waals surface area contributed by atoms with Crippen molar-refractivity contribution in [1.29, 1.82) is 0 Å². The predicted octanol–water partition coefficient (Wildman–Crippen LogP) is 3.00. The Kier molecular flexibility index (Phi) is 3.95. The summed E-state index contributed by atoms with van der Waals surface area (Å²) in [5, 5.41) is 3.69. The zero-order chi connectivity index (χ0) is 16.4. The van der Waals surface area contributed by atoms with Gasteiger partial charge in [-0.3, -0.25) is 14.4 Å². The number of fused-ring (bicyclic) bond motifs is 1. The lowest BCUT2D eigenvalue weighted by Crippen LogP contribution is -2.23. The summed E-state index contributed by atoms with van der Waals surface area (Å²) >= 11 is 6.09. The van der Waals surface area contributed by atoms with Crippen molar-refractivity contribution in [1.82, 2.24) is 4.98 Å². The van der Waals surface area contributed by atoms with E-state index in [9.17, 15) is 14.4 Å². The first kappa shape index (κ1) is 15.0. The highest BCUT2D eigenvalue weighted by Crippen LogP contribution is 2.26. The van der Waals surface area contributed by atoms with Gasteiger partial charge >= 0.3 is 0 Å². The monoisotopic (exact) mass is 326 g/mol. The molecule has 3 rings (SSSR count). The zero-order valence-corrected chi connectivity index (χ0v) is 12.6. The van der Waals surface area contributed by atoms with Crippen molar-refractivity contribution in [3.63, 3.8) is 0 Å². The van der Waals surface area contributed by atoms with E-state index in [0.29, 0.717) is 16.3 Å². The molecule has 0 radical (unpaired) electrons. The Hall–Kier alpha value is -2.92. The average Bonchev–Trinajstić information content (AvgIpc) is 2.56. The second-order valence-electron chi connectivity index (χ2n) is 4.88. The van der Waals surface area contributed by atoms with Gasteiger partial charge in [-0.05, 0) is 23.6 Å². The highest BCUT2D eigenvalue weighted by Gasteiger charge is 2.17. The number of anilines is 1. The summed E-state index contributed by atoms with van der Waals surface area (Å²) in [6, 6.07) is 12.9. The molecule has 3 aromatic rings. The fourth-order valence-electron chi connectivity index (χ4n) is 2.20. The second kappa shape index (κ2) is 6.06. The molecule has 0 atom stereocenters. The Balaban J connectivity index is 1.92. The summed E-state index contributed by atoms with van der Waals surface area (Å²) in [7, 11) is 0. The minimum atomic E-state index is -0.790. The van der Waals surface area contributed by atoms with Gasteiger partial charge in [-0.15, -0.1) is 0 Å². The van der Waals surface area contributed by atoms with Crippen molar-refractivity contribution in [2.45, 2.75) is 0 Å². The van der Waals surface area contributed by atoms with Gasteiger partial charge in [0.05, 0.1) is 10.7 Å². The summed E-state index contributed by atoms with van der Waals surface area (Å²) in [6.45, 7) is 0. The van der Waals surface area contributed by atoms with Crippen LogP contribution < -0.4 is 10.9 Å². The molecule has 0 aliphatic rings. The molecule has 6 heteroatoms. The van der Waals surface area contributed by atoms with E-state index in [1.54, 1.807) is 42.5 Å². The first-order valence-corrected chi connectivity index (χ1v) is 7.16. The van der Waals surface area contributed by atoms with Gasteiger partial charge in [0, 0.05) is 17.1 Å². The number of benzene rings is 2. The molecular weight excluding hydrogens is 316 g/mol. The van der Waals surface area contributed by atoms with Gasteiger partial charge < -0.3 is 10.3 Å². The lowest BCUT2D eigenvalue weighted by molar-refractivity contribution is -0.112. The molecule has 114 valence electrons. The number of amides is 1. The van der Waals surface area contributed by atoms with Crippen LogP contribution in [0.15, 0.2) is 59.5 Å². The van der Waals surface area contributed by atoms with Crippen LogP contribution in [0.4, 0.5) is 5.69 Å². The van der Waals surface area contributed by atoms with Gasteiger partial charge in [0.15, 0.2) is 0 Å². The third-order valence-electron chi connectivity index (χ3n) is 3.35. The van der Waals surface area contributed by atoms with Crippen LogP contribution in [0.5, 0.6) is 0 Å². The molecule has 0 bridgehead atoms. The van der Waals surface area contributed by atoms with E-state index in [1.807, 2.05) is 0 Å². The number of rotatable bonds is 3. The average molecular weight is 327 g/mol. The first-order chi connectivity index (χ1) is 11.1. The van der Waals surface area contributed by atoms with Crippen LogP contribution in [-0.2, 0) is 4.79 Å². The van der Waals surface area contributed by atoms with E-state index in [1.165, 1.54) is 12.3 Å². The van der Waals surface area contributed by atoms with Crippen LogP contribution in [0.2, 0.25) is 5.02 Å². The molecule has 0 aliphatic carbocycles. The van der Waals surface area contributed by atoms with E-state index in [4.69, 9.17) is 11.6 Å². The minimum absolute atomic E-state index is 0.184. The van der Waals surface area contributed by atoms with Crippen molar-refractivity contribution >= 4 is 39.8 Å². The summed E-state index contributed by atoms with van der Waals surface area (Å²) in [5.41, 5.74) is 0.292. The number of pyridine rings is 1. The normalized spacial score (nSPS) is 10.5. The van der Waals surface area contributed by atoms with Crippen molar-refractivity contribution in [2.24, 2.45) is 0 Å². The zero-order valence-electron chi connectivity index (χ0n) is 11.8. The number of ketones is 1. The van der Waals surface area contributed by atoms with Crippen LogP contribution in [-0.4, -0.2) is 16.7 Å². The Morgan fingerprint density at radius 2 is 1.78 bits per heavy atom. The van der Waals surface area contributed by atoms with Crippen LogP contribution in [0, 0.1) is 0 Å². The van der Waals surface area contributed by atoms with E-state index in [0.717, 1.165) is 0 Å². The Labute approximate surface area is 135 Å². The molecular formula is C17H11ClN2O3. The number of nitrogens with one attached hydrogen (secondary N) is 2. The Morgan fingerprint density at radius 1 is 1.04 bits per heavy atom. The summed E-state index contributed by atoms with van der Waals surface area (Å²) in [5.74, 6) is -1.45. The topological polar surface area (TPSA) is 79.0 Å². The standard InChI is InChI=1S/C17H11ClN2O3/c18-13-9-12-11(6-7-19-16(12)22)8-14(13)20-17(23)15(21)10-4-2-1-3-5-10/h1-9H,(H,19,22)(H,20,23). The molecule has 1 heterocycles. The smallest absolute Gasteiger partial charge is 0.296 e. The number of aromatic amines is 1. The number of H-pyrrole nitrogens is 1. The van der Waals surface area contributed by atoms with E-state index >= 15 is 0 Å². The molecule has 2 aromatic carbocycles. The summed E-state index contributed by atoms with van der Waals surface area (Å²) in [4.78, 5) is 38.4. The van der Waals surface area contributed by atoms with E-state index in [2.05, 4.69) is 10.3 Å². The maximum atomic E-state index is 12.1. The molecule has 0 unspecified atom stereocenters. The van der Waals surface area contributed by atoms with Crippen molar-refractivity contribution in [3.8, 4) is 0 Å². The van der Waals surface area contributed by atoms with Crippen molar-refractivity contribution < 1.29 is 9.59 Å². The van der Waals surface area contributed by atoms with Gasteiger partial charge in [-0.25, -0.2) is 0 Å². The number of Topliss-reactive ketones (excluding diaryl/α,β-unsaturated/α-hetero) is 1. The van der Waals surface area contributed by atoms with Crippen LogP contribution in [0.25, 0.3) is 10.8 Å². The number of halogens is 1. The predicted molar refractivity (Wildman–Crippen MR) is 89.0 cm³/mol. The molecule has 0 fully saturated rings. The minimum Gasteiger partial charge on any atom is -0.329 e. The van der Waals surface area contributed by atoms with Crippen molar-refractivity contribution in [2.75, 3.05) is 5.32 Å². The second-order valence-corrected chi connectivity index (χ2v) is 5.28. The van der Waals surface area contributed by atoms with Gasteiger partial charge in [-0.2, -0.15) is 0 Å². The number of hydrogen-bond donors (Lipinski definition) is 2. The molecule has 0 aliphatic heterocycles. The quantitative estimate of drug-likeness (QED) is 0.573. The number of carbonyl (C=O) groups excluding carboxylic acids is 2. The van der Waals surface area contributed by atoms with Gasteiger partial charge in [0.1, 0.15) is 0 Å². The maximum Gasteiger partial charge on any atom is 0.296 e. The largest absolute Gasteiger partial charge is 0.329 e. The van der Waals surface area contributed by atoms with Crippen LogP contribution >= 0.6 is 11.6 Å². The number of carbonyl (C=O) groups is 2. The third kappa shape index (κ3) is 3.00. The summed E-state index contributed by atoms with van der Waals surface area (Å²) in [6.07, 6.45) is 1.50. The molecule has 1 amide bonds. The van der Waals surface area contributed by atoms with E-state index in [-0.39, 0.29) is 16.3 Å². The Morgan fingerprint density at radius 3 is 2.52 bits per heavy atom. The lowest BCUT2D eigenvalue weighted by atomic mass is 10.1. The highest BCUT2D eigenvalue weighted by atomic mass is 35.5. The number of hydrogen-bond acceptors (Lipinski definition) is 3. The fourth-order valence-corrected chi connectivity index (χ4v) is 2.42. The van der Waals surface area contributed by atoms with Crippen LogP contribution in [0.1, 0.15) is 10.4 Å². The molecule has 1 aromatic heterocycles. The summed E-state index contributed by atoms with van der Waals surface area (Å²) < 4.78 is 0. The van der Waals surface area contributed by atoms with Gasteiger partial charge in [0.2, 0.25) is 0 Å².